The van der Waals surface area contributed by atoms with Crippen molar-refractivity contribution in [3.8, 4) is 5.75 Å². The molecule has 1 aromatic carbocycles. The highest BCUT2D eigenvalue weighted by Gasteiger charge is 2.29. The summed E-state index contributed by atoms with van der Waals surface area (Å²) in [6, 6.07) is 13.0. The zero-order valence-electron chi connectivity index (χ0n) is 11.1. The van der Waals surface area contributed by atoms with Gasteiger partial charge in [-0.25, -0.2) is 0 Å². The number of rotatable bonds is 5. The van der Waals surface area contributed by atoms with Gasteiger partial charge in [-0.2, -0.15) is 0 Å². The predicted molar refractivity (Wildman–Crippen MR) is 74.3 cm³/mol. The molecule has 0 radical (unpaired) electrons. The first kappa shape index (κ1) is 12.3. The standard InChI is InChI=1S/C16H19NO2/c1-18-15-6-4-12(5-7-15)13-9-14(10-13)17-11-16-3-2-8-19-16/h2-8,13-14,17H,9-11H2,1H3. The third kappa shape index (κ3) is 2.82. The van der Waals surface area contributed by atoms with Crippen LogP contribution in [0.1, 0.15) is 30.1 Å². The van der Waals surface area contributed by atoms with Gasteiger partial charge in [-0.3, -0.25) is 0 Å². The molecule has 2 aromatic rings. The zero-order chi connectivity index (χ0) is 13.1. The summed E-state index contributed by atoms with van der Waals surface area (Å²) >= 11 is 0. The van der Waals surface area contributed by atoms with Crippen LogP contribution >= 0.6 is 0 Å². The Morgan fingerprint density at radius 1 is 1.21 bits per heavy atom. The highest BCUT2D eigenvalue weighted by molar-refractivity contribution is 5.30. The van der Waals surface area contributed by atoms with Gasteiger partial charge in [0.25, 0.3) is 0 Å². The average molecular weight is 257 g/mol. The van der Waals surface area contributed by atoms with E-state index in [-0.39, 0.29) is 0 Å². The Kier molecular flexibility index (Phi) is 3.56. The molecule has 0 bridgehead atoms. The van der Waals surface area contributed by atoms with Crippen LogP contribution in [0.2, 0.25) is 0 Å². The molecule has 1 N–H and O–H groups in total. The molecule has 0 aliphatic heterocycles. The van der Waals surface area contributed by atoms with Crippen molar-refractivity contribution in [3.05, 3.63) is 54.0 Å². The fraction of sp³-hybridized carbons (Fsp3) is 0.375. The molecule has 1 aliphatic carbocycles. The molecule has 1 saturated carbocycles. The molecule has 0 atom stereocenters. The fourth-order valence-corrected chi connectivity index (χ4v) is 2.59. The second-order valence-electron chi connectivity index (χ2n) is 5.10. The van der Waals surface area contributed by atoms with E-state index in [1.807, 2.05) is 24.3 Å². The van der Waals surface area contributed by atoms with Crippen LogP contribution in [0.25, 0.3) is 0 Å². The minimum Gasteiger partial charge on any atom is -0.497 e. The molecule has 19 heavy (non-hydrogen) atoms. The Labute approximate surface area is 113 Å². The molecule has 0 saturated heterocycles. The third-order valence-corrected chi connectivity index (χ3v) is 3.87. The maximum atomic E-state index is 5.31. The monoisotopic (exact) mass is 257 g/mol. The van der Waals surface area contributed by atoms with Crippen LogP contribution in [0, 0.1) is 0 Å². The lowest BCUT2D eigenvalue weighted by Gasteiger charge is -2.36. The molecule has 3 rings (SSSR count). The van der Waals surface area contributed by atoms with Gasteiger partial charge >= 0.3 is 0 Å². The van der Waals surface area contributed by atoms with E-state index in [0.717, 1.165) is 18.1 Å². The zero-order valence-corrected chi connectivity index (χ0v) is 11.1. The lowest BCUT2D eigenvalue weighted by molar-refractivity contribution is 0.281. The van der Waals surface area contributed by atoms with E-state index >= 15 is 0 Å². The van der Waals surface area contributed by atoms with Crippen LogP contribution < -0.4 is 10.1 Å². The summed E-state index contributed by atoms with van der Waals surface area (Å²) in [5.74, 6) is 2.61. The molecular weight excluding hydrogens is 238 g/mol. The quantitative estimate of drug-likeness (QED) is 0.892. The van der Waals surface area contributed by atoms with Crippen LogP contribution in [0.5, 0.6) is 5.75 Å². The van der Waals surface area contributed by atoms with Crippen LogP contribution in [0.3, 0.4) is 0 Å². The van der Waals surface area contributed by atoms with Crippen molar-refractivity contribution in [2.45, 2.75) is 31.3 Å². The maximum Gasteiger partial charge on any atom is 0.118 e. The van der Waals surface area contributed by atoms with Gasteiger partial charge in [0, 0.05) is 6.04 Å². The first-order valence-corrected chi connectivity index (χ1v) is 6.75. The van der Waals surface area contributed by atoms with Crippen LogP contribution in [0.15, 0.2) is 47.1 Å². The number of nitrogens with one attached hydrogen (secondary N) is 1. The first-order chi connectivity index (χ1) is 9.35. The Balaban J connectivity index is 1.46. The summed E-state index contributed by atoms with van der Waals surface area (Å²) in [4.78, 5) is 0. The second kappa shape index (κ2) is 5.49. The largest absolute Gasteiger partial charge is 0.497 e. The molecular formula is C16H19NO2. The van der Waals surface area contributed by atoms with Crippen molar-refractivity contribution in [2.75, 3.05) is 7.11 Å². The summed E-state index contributed by atoms with van der Waals surface area (Å²) in [6.07, 6.45) is 4.12. The third-order valence-electron chi connectivity index (χ3n) is 3.87. The Morgan fingerprint density at radius 2 is 2.00 bits per heavy atom. The lowest BCUT2D eigenvalue weighted by atomic mass is 9.76. The topological polar surface area (TPSA) is 34.4 Å². The fourth-order valence-electron chi connectivity index (χ4n) is 2.59. The highest BCUT2D eigenvalue weighted by atomic mass is 16.5. The summed E-state index contributed by atoms with van der Waals surface area (Å²) in [5.41, 5.74) is 1.41. The summed E-state index contributed by atoms with van der Waals surface area (Å²) < 4.78 is 10.5. The number of hydrogen-bond donors (Lipinski definition) is 1. The van der Waals surface area contributed by atoms with Gasteiger partial charge in [0.15, 0.2) is 0 Å². The normalized spacial score (nSPS) is 21.9. The van der Waals surface area contributed by atoms with Crippen LogP contribution in [-0.4, -0.2) is 13.2 Å². The SMILES string of the molecule is COc1ccc(C2CC(NCc3ccco3)C2)cc1. The van der Waals surface area contributed by atoms with Gasteiger partial charge in [-0.05, 0) is 48.6 Å². The number of methoxy groups -OCH3 is 1. The van der Waals surface area contributed by atoms with E-state index in [1.54, 1.807) is 13.4 Å². The second-order valence-corrected chi connectivity index (χ2v) is 5.10. The van der Waals surface area contributed by atoms with E-state index in [4.69, 9.17) is 9.15 Å². The van der Waals surface area contributed by atoms with E-state index < -0.39 is 0 Å². The molecule has 100 valence electrons. The Bertz CT molecular complexity index is 498. The summed E-state index contributed by atoms with van der Waals surface area (Å²) in [5, 5.41) is 3.53. The van der Waals surface area contributed by atoms with Crippen molar-refractivity contribution >= 4 is 0 Å². The molecule has 1 fully saturated rings. The van der Waals surface area contributed by atoms with Gasteiger partial charge in [0.05, 0.1) is 19.9 Å². The molecule has 0 spiro atoms. The van der Waals surface area contributed by atoms with Gasteiger partial charge in [-0.15, -0.1) is 0 Å². The molecule has 1 aromatic heterocycles. The number of hydrogen-bond acceptors (Lipinski definition) is 3. The van der Waals surface area contributed by atoms with Crippen molar-refractivity contribution in [1.82, 2.24) is 5.32 Å². The van der Waals surface area contributed by atoms with Gasteiger partial charge in [-0.1, -0.05) is 12.1 Å². The van der Waals surface area contributed by atoms with Gasteiger partial charge in [0.1, 0.15) is 11.5 Å². The Hall–Kier alpha value is -1.74. The van der Waals surface area contributed by atoms with E-state index in [1.165, 1.54) is 18.4 Å². The molecule has 0 amide bonds. The number of ether oxygens (including phenoxy) is 1. The first-order valence-electron chi connectivity index (χ1n) is 6.75. The molecule has 0 unspecified atom stereocenters. The van der Waals surface area contributed by atoms with Crippen molar-refractivity contribution in [2.24, 2.45) is 0 Å². The minimum atomic E-state index is 0.609. The molecule has 1 aliphatic rings. The smallest absolute Gasteiger partial charge is 0.118 e. The average Bonchev–Trinajstić information content (AvgIpc) is 2.91. The van der Waals surface area contributed by atoms with Gasteiger partial charge < -0.3 is 14.5 Å². The van der Waals surface area contributed by atoms with Gasteiger partial charge in [0.2, 0.25) is 0 Å². The highest BCUT2D eigenvalue weighted by Crippen LogP contribution is 2.37. The van der Waals surface area contributed by atoms with Crippen molar-refractivity contribution < 1.29 is 9.15 Å². The molecule has 3 nitrogen and oxygen atoms in total. The summed E-state index contributed by atoms with van der Waals surface area (Å²) in [7, 11) is 1.70. The van der Waals surface area contributed by atoms with E-state index in [0.29, 0.717) is 12.0 Å². The van der Waals surface area contributed by atoms with Crippen molar-refractivity contribution in [1.29, 1.82) is 0 Å². The molecule has 3 heteroatoms. The lowest BCUT2D eigenvalue weighted by Crippen LogP contribution is -2.39. The predicted octanol–water partition coefficient (Wildman–Crippen LogP) is 3.32. The number of benzene rings is 1. The van der Waals surface area contributed by atoms with Crippen LogP contribution in [0.4, 0.5) is 0 Å². The molecule has 1 heterocycles. The minimum absolute atomic E-state index is 0.609. The van der Waals surface area contributed by atoms with Crippen LogP contribution in [-0.2, 0) is 6.54 Å². The van der Waals surface area contributed by atoms with E-state index in [2.05, 4.69) is 17.4 Å². The van der Waals surface area contributed by atoms with E-state index in [9.17, 15) is 0 Å². The maximum absolute atomic E-state index is 5.31. The Morgan fingerprint density at radius 3 is 2.63 bits per heavy atom. The van der Waals surface area contributed by atoms with Crippen molar-refractivity contribution in [3.63, 3.8) is 0 Å². The summed E-state index contributed by atoms with van der Waals surface area (Å²) in [6.45, 7) is 0.826. The number of furan rings is 1.